The van der Waals surface area contributed by atoms with E-state index in [0.717, 1.165) is 44.7 Å². The Kier molecular flexibility index (Phi) is 5.72. The Morgan fingerprint density at radius 3 is 2.42 bits per heavy atom. The van der Waals surface area contributed by atoms with Gasteiger partial charge in [0, 0.05) is 51.7 Å². The van der Waals surface area contributed by atoms with E-state index in [4.69, 9.17) is 23.2 Å². The van der Waals surface area contributed by atoms with Gasteiger partial charge in [-0.3, -0.25) is 4.98 Å². The summed E-state index contributed by atoms with van der Waals surface area (Å²) in [6.07, 6.45) is 6.73. The molecule has 7 heteroatoms. The highest BCUT2D eigenvalue weighted by Gasteiger charge is 2.29. The first-order valence-electron chi connectivity index (χ1n) is 8.68. The van der Waals surface area contributed by atoms with Gasteiger partial charge in [0.1, 0.15) is 0 Å². The summed E-state index contributed by atoms with van der Waals surface area (Å²) in [6, 6.07) is 0.180. The third-order valence-electron chi connectivity index (χ3n) is 5.06. The van der Waals surface area contributed by atoms with Gasteiger partial charge >= 0.3 is 6.03 Å². The highest BCUT2D eigenvalue weighted by atomic mass is 35.5. The summed E-state index contributed by atoms with van der Waals surface area (Å²) in [6.45, 7) is 6.86. The molecule has 0 aliphatic carbocycles. The monoisotopic (exact) mass is 370 g/mol. The molecule has 3 rings (SSSR count). The number of halogens is 2. The molecule has 1 aromatic heterocycles. The van der Waals surface area contributed by atoms with E-state index < -0.39 is 0 Å². The molecule has 2 saturated heterocycles. The summed E-state index contributed by atoms with van der Waals surface area (Å²) in [7, 11) is 0. The van der Waals surface area contributed by atoms with Crippen LogP contribution in [-0.4, -0.2) is 60.1 Å². The lowest BCUT2D eigenvalue weighted by molar-refractivity contribution is 0.125. The number of aromatic nitrogens is 1. The summed E-state index contributed by atoms with van der Waals surface area (Å²) in [5.41, 5.74) is 0.824. The molecule has 132 valence electrons. The zero-order valence-corrected chi connectivity index (χ0v) is 15.6. The average molecular weight is 371 g/mol. The van der Waals surface area contributed by atoms with Gasteiger partial charge in [-0.15, -0.1) is 0 Å². The van der Waals surface area contributed by atoms with Gasteiger partial charge in [-0.25, -0.2) is 4.79 Å². The van der Waals surface area contributed by atoms with Crippen molar-refractivity contribution in [3.8, 4) is 0 Å². The summed E-state index contributed by atoms with van der Waals surface area (Å²) < 4.78 is 0. The van der Waals surface area contributed by atoms with Crippen LogP contribution in [0.3, 0.4) is 0 Å². The Hall–Kier alpha value is -1.20. The van der Waals surface area contributed by atoms with E-state index in [1.165, 1.54) is 6.42 Å². The molecular formula is C17H24Cl2N4O. The first-order valence-corrected chi connectivity index (χ1v) is 9.43. The lowest BCUT2D eigenvalue weighted by Gasteiger charge is -2.41. The van der Waals surface area contributed by atoms with Crippen molar-refractivity contribution in [2.75, 3.05) is 44.2 Å². The Balaban J connectivity index is 1.60. The number of anilines is 1. The molecule has 0 N–H and O–H groups in total. The van der Waals surface area contributed by atoms with Crippen molar-refractivity contribution in [1.29, 1.82) is 0 Å². The minimum atomic E-state index is 0.180. The standard InChI is InChI=1S/C17H24Cl2N4O/c1-2-13-4-3-5-23(12-13)17(24)22-8-6-21(7-9-22)16-14(18)10-20-11-15(16)19/h10-11,13H,2-9,12H2,1H3. The van der Waals surface area contributed by atoms with Gasteiger partial charge in [0.2, 0.25) is 0 Å². The van der Waals surface area contributed by atoms with Crippen molar-refractivity contribution in [3.63, 3.8) is 0 Å². The van der Waals surface area contributed by atoms with Crippen molar-refractivity contribution in [3.05, 3.63) is 22.4 Å². The van der Waals surface area contributed by atoms with Crippen molar-refractivity contribution in [1.82, 2.24) is 14.8 Å². The quantitative estimate of drug-likeness (QED) is 0.795. The summed E-state index contributed by atoms with van der Waals surface area (Å²) in [4.78, 5) is 22.9. The fourth-order valence-electron chi connectivity index (χ4n) is 3.60. The maximum atomic E-state index is 12.8. The van der Waals surface area contributed by atoms with Gasteiger partial charge in [-0.1, -0.05) is 36.5 Å². The second-order valence-corrected chi connectivity index (χ2v) is 7.39. The van der Waals surface area contributed by atoms with Crippen LogP contribution >= 0.6 is 23.2 Å². The Morgan fingerprint density at radius 1 is 1.12 bits per heavy atom. The van der Waals surface area contributed by atoms with E-state index in [0.29, 0.717) is 29.1 Å². The molecule has 0 radical (unpaired) electrons. The Morgan fingerprint density at radius 2 is 1.79 bits per heavy atom. The number of pyridine rings is 1. The third-order valence-corrected chi connectivity index (χ3v) is 5.61. The van der Waals surface area contributed by atoms with Crippen LogP contribution < -0.4 is 4.90 Å². The van der Waals surface area contributed by atoms with Crippen LogP contribution in [0.25, 0.3) is 0 Å². The maximum absolute atomic E-state index is 12.8. The zero-order valence-electron chi connectivity index (χ0n) is 14.0. The maximum Gasteiger partial charge on any atom is 0.320 e. The highest BCUT2D eigenvalue weighted by molar-refractivity contribution is 6.38. The number of piperazine rings is 1. The number of carbonyl (C=O) groups excluding carboxylic acids is 1. The molecule has 3 heterocycles. The molecule has 2 fully saturated rings. The number of piperidine rings is 1. The second-order valence-electron chi connectivity index (χ2n) is 6.57. The second kappa shape index (κ2) is 7.79. The van der Waals surface area contributed by atoms with Crippen LogP contribution in [0.5, 0.6) is 0 Å². The van der Waals surface area contributed by atoms with Gasteiger partial charge in [0.15, 0.2) is 0 Å². The number of rotatable bonds is 2. The average Bonchev–Trinajstić information content (AvgIpc) is 2.61. The number of urea groups is 1. The topological polar surface area (TPSA) is 39.7 Å². The van der Waals surface area contributed by atoms with Crippen molar-refractivity contribution >= 4 is 34.9 Å². The Bertz CT molecular complexity index is 570. The fourth-order valence-corrected chi connectivity index (χ4v) is 4.20. The van der Waals surface area contributed by atoms with Crippen LogP contribution in [0.2, 0.25) is 10.0 Å². The number of amides is 2. The molecule has 0 spiro atoms. The summed E-state index contributed by atoms with van der Waals surface area (Å²) >= 11 is 12.5. The lowest BCUT2D eigenvalue weighted by atomic mass is 9.96. The molecule has 2 amide bonds. The van der Waals surface area contributed by atoms with E-state index in [9.17, 15) is 4.79 Å². The molecule has 2 aliphatic rings. The van der Waals surface area contributed by atoms with Crippen LogP contribution in [0, 0.1) is 5.92 Å². The number of carbonyl (C=O) groups is 1. The molecule has 1 unspecified atom stereocenters. The van der Waals surface area contributed by atoms with Crippen LogP contribution in [0.4, 0.5) is 10.5 Å². The van der Waals surface area contributed by atoms with Gasteiger partial charge in [-0.05, 0) is 18.8 Å². The van der Waals surface area contributed by atoms with E-state index in [1.54, 1.807) is 12.4 Å². The normalized spacial score (nSPS) is 22.0. The van der Waals surface area contributed by atoms with Gasteiger partial charge in [-0.2, -0.15) is 0 Å². The minimum Gasteiger partial charge on any atom is -0.365 e. The fraction of sp³-hybridized carbons (Fsp3) is 0.647. The largest absolute Gasteiger partial charge is 0.365 e. The van der Waals surface area contributed by atoms with Crippen LogP contribution in [-0.2, 0) is 0 Å². The number of nitrogens with zero attached hydrogens (tertiary/aromatic N) is 4. The van der Waals surface area contributed by atoms with Crippen molar-refractivity contribution in [2.45, 2.75) is 26.2 Å². The van der Waals surface area contributed by atoms with E-state index in [2.05, 4.69) is 16.8 Å². The van der Waals surface area contributed by atoms with E-state index >= 15 is 0 Å². The van der Waals surface area contributed by atoms with E-state index in [-0.39, 0.29) is 6.03 Å². The molecule has 0 aromatic carbocycles. The predicted octanol–water partition coefficient (Wildman–Crippen LogP) is 3.75. The van der Waals surface area contributed by atoms with E-state index in [1.807, 2.05) is 9.80 Å². The molecule has 2 aliphatic heterocycles. The molecule has 0 saturated carbocycles. The number of likely N-dealkylation sites (tertiary alicyclic amines) is 1. The third kappa shape index (κ3) is 3.72. The number of hydrogen-bond donors (Lipinski definition) is 0. The molecule has 1 aromatic rings. The highest BCUT2D eigenvalue weighted by Crippen LogP contribution is 2.33. The molecule has 1 atom stereocenters. The minimum absolute atomic E-state index is 0.180. The molecule has 5 nitrogen and oxygen atoms in total. The molecular weight excluding hydrogens is 347 g/mol. The first-order chi connectivity index (χ1) is 11.6. The van der Waals surface area contributed by atoms with Crippen LogP contribution in [0.15, 0.2) is 12.4 Å². The van der Waals surface area contributed by atoms with Gasteiger partial charge in [0.25, 0.3) is 0 Å². The van der Waals surface area contributed by atoms with Crippen molar-refractivity contribution in [2.24, 2.45) is 5.92 Å². The van der Waals surface area contributed by atoms with Crippen molar-refractivity contribution < 1.29 is 4.79 Å². The molecule has 0 bridgehead atoms. The summed E-state index contributed by atoms with van der Waals surface area (Å²) in [5, 5.41) is 1.12. The smallest absolute Gasteiger partial charge is 0.320 e. The first kappa shape index (κ1) is 17.6. The lowest BCUT2D eigenvalue weighted by Crippen LogP contribution is -2.54. The van der Waals surface area contributed by atoms with Gasteiger partial charge in [0.05, 0.1) is 15.7 Å². The molecule has 24 heavy (non-hydrogen) atoms. The SMILES string of the molecule is CCC1CCCN(C(=O)N2CCN(c3c(Cl)cncc3Cl)CC2)C1. The van der Waals surface area contributed by atoms with Crippen LogP contribution in [0.1, 0.15) is 26.2 Å². The zero-order chi connectivity index (χ0) is 17.1. The number of hydrogen-bond acceptors (Lipinski definition) is 3. The van der Waals surface area contributed by atoms with Gasteiger partial charge < -0.3 is 14.7 Å². The predicted molar refractivity (Wildman–Crippen MR) is 98.0 cm³/mol. The summed E-state index contributed by atoms with van der Waals surface area (Å²) in [5.74, 6) is 0.651. The Labute approximate surface area is 153 Å².